The number of anilines is 1. The van der Waals surface area contributed by atoms with E-state index in [-0.39, 0.29) is 0 Å². The molecule has 0 spiro atoms. The van der Waals surface area contributed by atoms with Crippen LogP contribution in [0.25, 0.3) is 0 Å². The Morgan fingerprint density at radius 3 is 2.39 bits per heavy atom. The normalized spacial score (nSPS) is 12.0. The predicted molar refractivity (Wildman–Crippen MR) is 110 cm³/mol. The van der Waals surface area contributed by atoms with Crippen molar-refractivity contribution in [2.45, 2.75) is 38.8 Å². The highest BCUT2D eigenvalue weighted by atomic mass is 35.5. The Bertz CT molecular complexity index is 819. The molecule has 0 fully saturated rings. The quantitative estimate of drug-likeness (QED) is 0.747. The lowest BCUT2D eigenvalue weighted by Gasteiger charge is -2.23. The average Bonchev–Trinajstić information content (AvgIpc) is 2.60. The fraction of sp³-hybridized carbons (Fsp3) is 0.333. The topological polar surface area (TPSA) is 76.7 Å². The van der Waals surface area contributed by atoms with Gasteiger partial charge >= 0.3 is 6.09 Å². The third-order valence-corrected chi connectivity index (χ3v) is 3.94. The van der Waals surface area contributed by atoms with Crippen LogP contribution in [0.4, 0.5) is 10.5 Å². The number of hydrogen-bond acceptors (Lipinski definition) is 4. The van der Waals surface area contributed by atoms with E-state index in [4.69, 9.17) is 21.1 Å². The summed E-state index contributed by atoms with van der Waals surface area (Å²) in [4.78, 5) is 25.2. The van der Waals surface area contributed by atoms with Gasteiger partial charge in [-0.15, -0.1) is 0 Å². The van der Waals surface area contributed by atoms with Crippen molar-refractivity contribution < 1.29 is 19.1 Å². The minimum absolute atomic E-state index is 0.300. The molecule has 2 rings (SSSR count). The summed E-state index contributed by atoms with van der Waals surface area (Å²) in [6.45, 7) is 5.28. The van der Waals surface area contributed by atoms with Gasteiger partial charge < -0.3 is 20.1 Å². The maximum Gasteiger partial charge on any atom is 0.408 e. The summed E-state index contributed by atoms with van der Waals surface area (Å²) in [6.07, 6.45) is -0.365. The van der Waals surface area contributed by atoms with Gasteiger partial charge in [0.25, 0.3) is 0 Å². The summed E-state index contributed by atoms with van der Waals surface area (Å²) in [5.41, 5.74) is 0.648. The van der Waals surface area contributed by atoms with E-state index in [1.807, 2.05) is 30.3 Å². The van der Waals surface area contributed by atoms with Gasteiger partial charge in [-0.25, -0.2) is 4.79 Å². The minimum atomic E-state index is -0.846. The molecule has 0 aromatic heterocycles. The van der Waals surface area contributed by atoms with Crippen LogP contribution in [0.2, 0.25) is 5.02 Å². The molecule has 0 radical (unpaired) electrons. The van der Waals surface area contributed by atoms with Gasteiger partial charge in [-0.1, -0.05) is 41.9 Å². The molecule has 0 bridgehead atoms. The summed E-state index contributed by atoms with van der Waals surface area (Å²) >= 11 is 6.03. The van der Waals surface area contributed by atoms with Crippen molar-refractivity contribution in [3.05, 3.63) is 59.1 Å². The smallest absolute Gasteiger partial charge is 0.408 e. The van der Waals surface area contributed by atoms with Crippen molar-refractivity contribution in [1.29, 1.82) is 0 Å². The molecule has 1 atom stereocenters. The average molecular weight is 405 g/mol. The number of carbonyl (C=O) groups excluding carboxylic acids is 2. The Morgan fingerprint density at radius 1 is 1.11 bits per heavy atom. The van der Waals surface area contributed by atoms with Crippen molar-refractivity contribution in [2.75, 3.05) is 12.4 Å². The van der Waals surface area contributed by atoms with Crippen molar-refractivity contribution in [1.82, 2.24) is 5.32 Å². The molecular formula is C21H25ClN2O4. The first-order valence-electron chi connectivity index (χ1n) is 8.86. The van der Waals surface area contributed by atoms with Gasteiger partial charge in [0.05, 0.1) is 12.8 Å². The lowest BCUT2D eigenvalue weighted by molar-refractivity contribution is -0.118. The molecule has 2 amide bonds. The maximum atomic E-state index is 12.9. The molecule has 0 aliphatic heterocycles. The number of benzene rings is 2. The number of carbonyl (C=O) groups is 2. The Kier molecular flexibility index (Phi) is 7.29. The zero-order valence-electron chi connectivity index (χ0n) is 16.4. The molecular weight excluding hydrogens is 380 g/mol. The second kappa shape index (κ2) is 9.46. The molecule has 6 nitrogen and oxygen atoms in total. The zero-order chi connectivity index (χ0) is 20.7. The molecule has 2 N–H and O–H groups in total. The highest BCUT2D eigenvalue weighted by Crippen LogP contribution is 2.28. The van der Waals surface area contributed by atoms with Crippen LogP contribution in [-0.2, 0) is 16.0 Å². The van der Waals surface area contributed by atoms with Gasteiger partial charge in [0, 0.05) is 11.4 Å². The van der Waals surface area contributed by atoms with Gasteiger partial charge in [-0.05, 0) is 44.5 Å². The van der Waals surface area contributed by atoms with Crippen LogP contribution in [-0.4, -0.2) is 30.8 Å². The summed E-state index contributed by atoms with van der Waals surface area (Å²) in [5, 5.41) is 5.87. The number of nitrogens with one attached hydrogen (secondary N) is 2. The van der Waals surface area contributed by atoms with Crippen LogP contribution >= 0.6 is 11.6 Å². The SMILES string of the molecule is COc1ccc(Cl)cc1NC(=O)C(Cc1ccccc1)NC(=O)OC(C)(C)C. The number of hydrogen-bond donors (Lipinski definition) is 2. The van der Waals surface area contributed by atoms with Crippen LogP contribution in [0, 0.1) is 0 Å². The molecule has 7 heteroatoms. The van der Waals surface area contributed by atoms with Crippen LogP contribution in [0.5, 0.6) is 5.75 Å². The van der Waals surface area contributed by atoms with Crippen LogP contribution < -0.4 is 15.4 Å². The fourth-order valence-corrected chi connectivity index (χ4v) is 2.68. The van der Waals surface area contributed by atoms with Gasteiger partial charge in [-0.3, -0.25) is 4.79 Å². The number of ether oxygens (including phenoxy) is 2. The number of halogens is 1. The third-order valence-electron chi connectivity index (χ3n) is 3.71. The zero-order valence-corrected chi connectivity index (χ0v) is 17.2. The van der Waals surface area contributed by atoms with Gasteiger partial charge in [0.1, 0.15) is 17.4 Å². The number of amides is 2. The van der Waals surface area contributed by atoms with E-state index in [1.165, 1.54) is 7.11 Å². The van der Waals surface area contributed by atoms with E-state index in [0.717, 1.165) is 5.56 Å². The lowest BCUT2D eigenvalue weighted by atomic mass is 10.1. The van der Waals surface area contributed by atoms with Crippen molar-refractivity contribution in [3.8, 4) is 5.75 Å². The molecule has 0 saturated heterocycles. The second-order valence-electron chi connectivity index (χ2n) is 7.22. The van der Waals surface area contributed by atoms with Crippen molar-refractivity contribution in [3.63, 3.8) is 0 Å². The lowest BCUT2D eigenvalue weighted by Crippen LogP contribution is -2.47. The van der Waals surface area contributed by atoms with E-state index in [2.05, 4.69) is 10.6 Å². The van der Waals surface area contributed by atoms with Crippen LogP contribution in [0.3, 0.4) is 0 Å². The molecule has 2 aromatic rings. The minimum Gasteiger partial charge on any atom is -0.495 e. The summed E-state index contributed by atoms with van der Waals surface area (Å²) in [5.74, 6) is 0.0590. The van der Waals surface area contributed by atoms with E-state index in [0.29, 0.717) is 22.9 Å². The van der Waals surface area contributed by atoms with E-state index < -0.39 is 23.6 Å². The Hall–Kier alpha value is -2.73. The number of methoxy groups -OCH3 is 1. The highest BCUT2D eigenvalue weighted by Gasteiger charge is 2.25. The van der Waals surface area contributed by atoms with Crippen LogP contribution in [0.15, 0.2) is 48.5 Å². The van der Waals surface area contributed by atoms with Crippen LogP contribution in [0.1, 0.15) is 26.3 Å². The second-order valence-corrected chi connectivity index (χ2v) is 7.66. The van der Waals surface area contributed by atoms with Crippen molar-refractivity contribution in [2.24, 2.45) is 0 Å². The first-order valence-corrected chi connectivity index (χ1v) is 9.23. The van der Waals surface area contributed by atoms with Gasteiger partial charge in [0.2, 0.25) is 5.91 Å². The fourth-order valence-electron chi connectivity index (χ4n) is 2.51. The molecule has 2 aromatic carbocycles. The van der Waals surface area contributed by atoms with E-state index >= 15 is 0 Å². The molecule has 1 unspecified atom stereocenters. The van der Waals surface area contributed by atoms with E-state index in [1.54, 1.807) is 39.0 Å². The molecule has 28 heavy (non-hydrogen) atoms. The number of alkyl carbamates (subject to hydrolysis) is 1. The standard InChI is InChI=1S/C21H25ClN2O4/c1-21(2,3)28-20(26)24-17(12-14-8-6-5-7-9-14)19(25)23-16-13-15(22)10-11-18(16)27-4/h5-11,13,17H,12H2,1-4H3,(H,23,25)(H,24,26). The first-order chi connectivity index (χ1) is 13.2. The highest BCUT2D eigenvalue weighted by molar-refractivity contribution is 6.31. The summed E-state index contributed by atoms with van der Waals surface area (Å²) in [7, 11) is 1.50. The largest absolute Gasteiger partial charge is 0.495 e. The molecule has 0 aliphatic carbocycles. The predicted octanol–water partition coefficient (Wildman–Crippen LogP) is 4.42. The van der Waals surface area contributed by atoms with Gasteiger partial charge in [0.15, 0.2) is 0 Å². The monoisotopic (exact) mass is 404 g/mol. The first kappa shape index (κ1) is 21.6. The molecule has 150 valence electrons. The molecule has 0 aliphatic rings. The Labute approximate surface area is 170 Å². The Morgan fingerprint density at radius 2 is 1.79 bits per heavy atom. The van der Waals surface area contributed by atoms with E-state index in [9.17, 15) is 9.59 Å². The molecule has 0 saturated carbocycles. The van der Waals surface area contributed by atoms with Gasteiger partial charge in [-0.2, -0.15) is 0 Å². The molecule has 0 heterocycles. The summed E-state index contributed by atoms with van der Waals surface area (Å²) < 4.78 is 10.6. The summed E-state index contributed by atoms with van der Waals surface area (Å²) in [6, 6.07) is 13.5. The maximum absolute atomic E-state index is 12.9. The van der Waals surface area contributed by atoms with Crippen molar-refractivity contribution >= 4 is 29.3 Å². The number of rotatable bonds is 6. The third kappa shape index (κ3) is 6.78. The Balaban J connectivity index is 2.21.